The zero-order chi connectivity index (χ0) is 115. The third-order valence-corrected chi connectivity index (χ3v) is 22.8. The molecule has 0 aliphatic carbocycles. The van der Waals surface area contributed by atoms with Crippen LogP contribution in [-0.2, 0) is 120 Å². The molecule has 0 bridgehead atoms. The van der Waals surface area contributed by atoms with Gasteiger partial charge in [0.1, 0.15) is 115 Å². The predicted octanol–water partition coefficient (Wildman–Crippen LogP) is -21.5. The molecule has 0 heterocycles. The van der Waals surface area contributed by atoms with Gasteiger partial charge in [0.25, 0.3) is 0 Å². The molecule has 0 aromatic carbocycles. The van der Waals surface area contributed by atoms with Gasteiger partial charge in [0.05, 0.1) is 99.4 Å². The first-order valence-electron chi connectivity index (χ1n) is 45.7. The van der Waals surface area contributed by atoms with Gasteiger partial charge < -0.3 is 195 Å². The maximum Gasteiger partial charge on any atom is 0.328 e. The fourth-order valence-corrected chi connectivity index (χ4v) is 13.4. The number of thiol groups is 5. The van der Waals surface area contributed by atoms with Gasteiger partial charge in [-0.1, -0.05) is 0 Å². The van der Waals surface area contributed by atoms with Crippen molar-refractivity contribution in [3.63, 3.8) is 0 Å². The van der Waals surface area contributed by atoms with Crippen LogP contribution in [0.1, 0.15) is 111 Å². The summed E-state index contributed by atoms with van der Waals surface area (Å²) in [6.45, 7) is 13.3. The number of hydrogen-bond donors (Lipinski definition) is 42. The third-order valence-electron chi connectivity index (χ3n) is 20.9. The average molecular weight is 2230 g/mol. The predicted molar refractivity (Wildman–Crippen MR) is 532 cm³/mol. The molecule has 0 saturated carbocycles. The number of amides is 24. The molecule has 149 heavy (non-hydrogen) atoms. The number of carbonyl (C=O) groups is 25. The molecule has 0 fully saturated rings. The zero-order valence-electron chi connectivity index (χ0n) is 83.7. The number of rotatable bonds is 65. The van der Waals surface area contributed by atoms with Crippen molar-refractivity contribution in [2.24, 2.45) is 5.73 Å². The second kappa shape index (κ2) is 67.3. The average Bonchev–Trinajstić information content (AvgIpc) is 0.859. The lowest BCUT2D eigenvalue weighted by molar-refractivity contribution is -0.144. The Morgan fingerprint density at radius 1 is 0.181 bits per heavy atom. The van der Waals surface area contributed by atoms with E-state index in [1.807, 2.05) is 31.9 Å². The molecule has 0 rings (SSSR count). The minimum atomic E-state index is -2.19. The second-order valence-electron chi connectivity index (χ2n) is 34.4. The largest absolute Gasteiger partial charge is 0.480 e. The number of carbonyl (C=O) groups excluding carboxylic acids is 24. The van der Waals surface area contributed by atoms with Crippen molar-refractivity contribution in [2.45, 2.75) is 305 Å². The summed E-state index contributed by atoms with van der Waals surface area (Å²) in [5.41, 5.74) is 5.46. The van der Waals surface area contributed by atoms with Gasteiger partial charge in [0.15, 0.2) is 6.04 Å². The number of carboxylic acids is 1. The molecule has 0 aliphatic heterocycles. The Balaban J connectivity index is 6.02. The quantitative estimate of drug-likeness (QED) is 0.0251. The number of aliphatic hydroxyl groups is 11. The molecule has 0 aliphatic rings. The normalized spacial score (nSPS) is 17.6. The Hall–Kier alpha value is -12.0. The Kier molecular flexibility index (Phi) is 61.8. The molecule has 67 heteroatoms. The lowest BCUT2D eigenvalue weighted by atomic mass is 10.0. The number of nitrogens with one attached hydrogen (secondary N) is 24. The molecule has 38 N–H and O–H groups in total. The first-order chi connectivity index (χ1) is 69.0. The van der Waals surface area contributed by atoms with Crippen LogP contribution in [0.3, 0.4) is 0 Å². The smallest absolute Gasteiger partial charge is 0.328 e. The van der Waals surface area contributed by atoms with E-state index in [1.54, 1.807) is 0 Å². The van der Waals surface area contributed by atoms with Crippen LogP contribution in [0.4, 0.5) is 0 Å². The Bertz CT molecular complexity index is 4640. The van der Waals surface area contributed by atoms with E-state index in [0.29, 0.717) is 0 Å². The van der Waals surface area contributed by atoms with E-state index in [9.17, 15) is 181 Å². The standard InChI is InChI=1S/C82H141N25O37S5/c1-26(83)62(123)84-17-47(119)92-42(21-145)68(129)96-46(25-149)71(132)99-51(31(6)108)72(133)85-18-48(120)93-43(22-146)69(130)100-56(36(11)113)77(138)104-58(38(13)115)79(140)106-60(40(15)117)81(142)107-59(39(14)116)80(141)105-57(37(12)114)78(139)103-53(33(8)110)73(134)86-19-49(121)97-54(34(9)111)75(136)91-30(5)66(127)94-44(23-147)67(128)90-28(3)64(125)88-27(2)63(124)89-29(4)65(126)95-45(24-148)70(131)101-55(35(10)112)76(137)102-52(32(7)109)74(135)87-20-50(122)98-61(41(16)118)82(143)144/h26-46,51-61,108-118,145-149H,17-25,83H2,1-16H3,(H,84,123)(H,85,133)(H,86,134)(H,87,135)(H,88,125)(H,89,124)(H,90,128)(H,91,136)(H,92,119)(H,93,120)(H,94,127)(H,95,126)(H,96,129)(H,97,121)(H,98,122)(H,99,132)(H,100,130)(H,101,131)(H,102,137)(H,103,139)(H,104,138)(H,105,141)(H,106,140)(H,107,142)(H,143,144)/t26-,27-,28-,29-,30-,31+,32+,33+,34+,35+,36+,37+,38+,39+,40+,41+,42-,43-,44-,45-,46-,51-,52-,53-,54-,55-,56-,57-,58-,59-,60-,61-/m0/s1. The number of aliphatic hydroxyl groups excluding tert-OH is 11. The van der Waals surface area contributed by atoms with E-state index < -0.39 is 391 Å². The molecule has 0 radical (unpaired) electrons. The van der Waals surface area contributed by atoms with Crippen LogP contribution in [-0.4, -0.2) is 458 Å². The topological polar surface area (TPSA) is 984 Å². The van der Waals surface area contributed by atoms with Gasteiger partial charge in [0.2, 0.25) is 142 Å². The van der Waals surface area contributed by atoms with Crippen LogP contribution in [0.25, 0.3) is 0 Å². The monoisotopic (exact) mass is 2230 g/mol. The van der Waals surface area contributed by atoms with Crippen LogP contribution in [0, 0.1) is 0 Å². The molecule has 0 spiro atoms. The van der Waals surface area contributed by atoms with E-state index >= 15 is 0 Å². The lowest BCUT2D eigenvalue weighted by Crippen LogP contribution is -2.65. The maximum absolute atomic E-state index is 13.9. The van der Waals surface area contributed by atoms with Crippen molar-refractivity contribution in [1.29, 1.82) is 0 Å². The molecular formula is C82H141N25O37S5. The molecule has 846 valence electrons. The summed E-state index contributed by atoms with van der Waals surface area (Å²) in [7, 11) is 0. The number of carboxylic acid groups (broad SMARTS) is 1. The van der Waals surface area contributed by atoms with Crippen LogP contribution in [0.15, 0.2) is 0 Å². The van der Waals surface area contributed by atoms with E-state index in [2.05, 4.69) is 159 Å². The molecular weight excluding hydrogens is 2090 g/mol. The highest BCUT2D eigenvalue weighted by atomic mass is 32.1. The molecule has 0 aromatic rings. The Morgan fingerprint density at radius 3 is 0.530 bits per heavy atom. The van der Waals surface area contributed by atoms with Crippen LogP contribution < -0.4 is 133 Å². The first-order valence-corrected chi connectivity index (χ1v) is 48.9. The van der Waals surface area contributed by atoms with Gasteiger partial charge in [0, 0.05) is 28.8 Å². The SMILES string of the molecule is C[C@H](N)C(=O)NCC(=O)N[C@@H](CS)C(=O)N[C@@H](CS)C(=O)N[C@H](C(=O)NCC(=O)N[C@@H](CS)C(=O)N[C@H](C(=O)N[C@H](C(=O)N[C@H](C(=O)N[C@H](C(=O)N[C@H](C(=O)N[C@H](C(=O)NCC(=O)N[C@H](C(=O)N[C@@H](C)C(=O)N[C@@H](CS)C(=O)N[C@@H](C)C(=O)N[C@@H](C)C(=O)N[C@@H](C)C(=O)N[C@@H](CS)C(=O)N[C@H](C(=O)N[C@H](C(=O)NCC(=O)N[C@H](C(=O)O)[C@@H](C)O)[C@@H](C)O)[C@@H](C)O)[C@@H](C)O)[C@@H](C)O)[C@@H](C)O)[C@@H](C)O)[C@@H](C)O)[C@@H](C)O)[C@@H](C)O)[C@@H](C)O. The summed E-state index contributed by atoms with van der Waals surface area (Å²) in [4.78, 5) is 330. The van der Waals surface area contributed by atoms with E-state index in [4.69, 9.17) is 5.73 Å². The van der Waals surface area contributed by atoms with E-state index in [-0.39, 0.29) is 5.75 Å². The molecule has 0 saturated heterocycles. The van der Waals surface area contributed by atoms with Gasteiger partial charge in [-0.2, -0.15) is 63.1 Å². The first kappa shape index (κ1) is 137. The fraction of sp³-hybridized carbons (Fsp3) is 0.695. The minimum absolute atomic E-state index is 0.305. The summed E-state index contributed by atoms with van der Waals surface area (Å²) < 4.78 is 0. The van der Waals surface area contributed by atoms with Crippen molar-refractivity contribution in [2.75, 3.05) is 54.9 Å². The highest BCUT2D eigenvalue weighted by molar-refractivity contribution is 7.81. The van der Waals surface area contributed by atoms with Gasteiger partial charge in [-0.05, 0) is 111 Å². The lowest BCUT2D eigenvalue weighted by Gasteiger charge is -2.30. The van der Waals surface area contributed by atoms with Gasteiger partial charge in [-0.3, -0.25) is 115 Å². The highest BCUT2D eigenvalue weighted by Crippen LogP contribution is 2.11. The summed E-state index contributed by atoms with van der Waals surface area (Å²) in [6, 6.07) is -36.8. The van der Waals surface area contributed by atoms with Crippen LogP contribution >= 0.6 is 63.1 Å². The van der Waals surface area contributed by atoms with Crippen molar-refractivity contribution < 1.29 is 181 Å². The van der Waals surface area contributed by atoms with Crippen LogP contribution in [0.5, 0.6) is 0 Å². The van der Waals surface area contributed by atoms with Gasteiger partial charge >= 0.3 is 5.97 Å². The molecule has 0 unspecified atom stereocenters. The van der Waals surface area contributed by atoms with Crippen molar-refractivity contribution >= 4 is 211 Å². The third kappa shape index (κ3) is 47.8. The van der Waals surface area contributed by atoms with E-state index in [1.165, 1.54) is 6.92 Å². The summed E-state index contributed by atoms with van der Waals surface area (Å²) >= 11 is 20.3. The molecule has 32 atom stereocenters. The minimum Gasteiger partial charge on any atom is -0.480 e. The summed E-state index contributed by atoms with van der Waals surface area (Å²) in [6.07, 6.45) is -20.0. The molecule has 62 nitrogen and oxygen atoms in total. The van der Waals surface area contributed by atoms with Crippen molar-refractivity contribution in [3.8, 4) is 0 Å². The van der Waals surface area contributed by atoms with Gasteiger partial charge in [-0.15, -0.1) is 0 Å². The van der Waals surface area contributed by atoms with E-state index in [0.717, 1.165) is 104 Å². The highest BCUT2D eigenvalue weighted by Gasteiger charge is 2.44. The summed E-state index contributed by atoms with van der Waals surface area (Å²) in [5.74, 6) is -32.1. The Labute approximate surface area is 880 Å². The molecule has 24 amide bonds. The van der Waals surface area contributed by atoms with Gasteiger partial charge in [-0.25, -0.2) is 4.79 Å². The second-order valence-corrected chi connectivity index (χ2v) is 36.2. The maximum atomic E-state index is 13.9. The van der Waals surface area contributed by atoms with Crippen LogP contribution in [0.2, 0.25) is 0 Å². The molecule has 0 aromatic heterocycles. The zero-order valence-corrected chi connectivity index (χ0v) is 88.2. The van der Waals surface area contributed by atoms with Crippen molar-refractivity contribution in [1.82, 2.24) is 128 Å². The fourth-order valence-electron chi connectivity index (χ4n) is 12.2. The number of aliphatic carboxylic acids is 1. The number of hydrogen-bond acceptors (Lipinski definition) is 42. The number of nitrogens with two attached hydrogens (primary N) is 1. The summed E-state index contributed by atoms with van der Waals surface area (Å²) in [5, 5.41) is 177. The Morgan fingerprint density at radius 2 is 0.322 bits per heavy atom. The van der Waals surface area contributed by atoms with Crippen molar-refractivity contribution in [3.05, 3.63) is 0 Å².